The predicted octanol–water partition coefficient (Wildman–Crippen LogP) is 1.30. The minimum Gasteiger partial charge on any atom is -0.497 e. The maximum Gasteiger partial charge on any atom is 0.246 e. The van der Waals surface area contributed by atoms with Crippen LogP contribution < -0.4 is 14.8 Å². The molecule has 0 aliphatic heterocycles. The van der Waals surface area contributed by atoms with Crippen molar-refractivity contribution in [1.82, 2.24) is 14.5 Å². The molecule has 0 atom stereocenters. The van der Waals surface area contributed by atoms with Gasteiger partial charge in [-0.1, -0.05) is 0 Å². The molecule has 2 N–H and O–H groups in total. The number of sulfonamides is 1. The number of rotatable bonds is 7. The number of carbonyl (C=O) groups is 1. The van der Waals surface area contributed by atoms with Crippen LogP contribution >= 0.6 is 0 Å². The number of amides is 1. The van der Waals surface area contributed by atoms with Crippen molar-refractivity contribution in [2.45, 2.75) is 18.7 Å². The van der Waals surface area contributed by atoms with Gasteiger partial charge in [0.1, 0.15) is 16.4 Å². The first-order valence-corrected chi connectivity index (χ1v) is 9.14. The molecule has 1 heterocycles. The molecule has 1 aromatic carbocycles. The highest BCUT2D eigenvalue weighted by Gasteiger charge is 2.28. The highest BCUT2D eigenvalue weighted by atomic mass is 32.2. The van der Waals surface area contributed by atoms with Gasteiger partial charge in [0.05, 0.1) is 37.8 Å². The molecular weight excluding hydrogens is 360 g/mol. The summed E-state index contributed by atoms with van der Waals surface area (Å²) in [6, 6.07) is 4.90. The van der Waals surface area contributed by atoms with Gasteiger partial charge >= 0.3 is 0 Å². The summed E-state index contributed by atoms with van der Waals surface area (Å²) in [6.07, 6.45) is 0. The Hall–Kier alpha value is -2.59. The second-order valence-corrected chi connectivity index (χ2v) is 7.62. The molecule has 0 bridgehead atoms. The van der Waals surface area contributed by atoms with Crippen molar-refractivity contribution in [3.63, 3.8) is 0 Å². The number of hydrogen-bond acceptors (Lipinski definition) is 6. The lowest BCUT2D eigenvalue weighted by Gasteiger charge is -2.18. The van der Waals surface area contributed by atoms with Gasteiger partial charge in [0.15, 0.2) is 0 Å². The molecule has 0 aliphatic rings. The van der Waals surface area contributed by atoms with E-state index in [-0.39, 0.29) is 11.4 Å². The number of benzene rings is 1. The highest BCUT2D eigenvalue weighted by Crippen LogP contribution is 2.29. The van der Waals surface area contributed by atoms with Gasteiger partial charge in [-0.25, -0.2) is 8.42 Å². The third-order valence-electron chi connectivity index (χ3n) is 3.78. The molecule has 2 rings (SSSR count). The SMILES string of the molecule is COc1ccc(NC(=O)CN(C)S(=O)(=O)c2c(C)n[nH]c2C)c(OC)c1. The van der Waals surface area contributed by atoms with Crippen LogP contribution in [0.2, 0.25) is 0 Å². The molecule has 26 heavy (non-hydrogen) atoms. The molecule has 0 spiro atoms. The van der Waals surface area contributed by atoms with Crippen LogP contribution in [0.25, 0.3) is 0 Å². The fourth-order valence-electron chi connectivity index (χ4n) is 2.46. The van der Waals surface area contributed by atoms with Gasteiger partial charge in [0.25, 0.3) is 0 Å². The van der Waals surface area contributed by atoms with E-state index in [0.717, 1.165) is 4.31 Å². The Bertz CT molecular complexity index is 888. The number of nitrogens with one attached hydrogen (secondary N) is 2. The van der Waals surface area contributed by atoms with Crippen molar-refractivity contribution in [1.29, 1.82) is 0 Å². The average Bonchev–Trinajstić information content (AvgIpc) is 2.94. The fourth-order valence-corrected chi connectivity index (χ4v) is 3.91. The molecule has 1 amide bonds. The topological polar surface area (TPSA) is 114 Å². The van der Waals surface area contributed by atoms with Crippen molar-refractivity contribution in [2.75, 3.05) is 33.1 Å². The first-order chi connectivity index (χ1) is 12.2. The number of hydrogen-bond donors (Lipinski definition) is 2. The molecule has 0 saturated carbocycles. The smallest absolute Gasteiger partial charge is 0.246 e. The molecule has 10 heteroatoms. The molecule has 9 nitrogen and oxygen atoms in total. The van der Waals surface area contributed by atoms with E-state index in [0.29, 0.717) is 28.6 Å². The monoisotopic (exact) mass is 382 g/mol. The van der Waals surface area contributed by atoms with E-state index in [4.69, 9.17) is 9.47 Å². The van der Waals surface area contributed by atoms with Gasteiger partial charge in [-0.2, -0.15) is 9.40 Å². The van der Waals surface area contributed by atoms with E-state index < -0.39 is 15.9 Å². The van der Waals surface area contributed by atoms with Crippen LogP contribution in [0.3, 0.4) is 0 Å². The maximum atomic E-state index is 12.7. The Morgan fingerprint density at radius 3 is 2.50 bits per heavy atom. The van der Waals surface area contributed by atoms with E-state index in [9.17, 15) is 13.2 Å². The van der Waals surface area contributed by atoms with E-state index in [1.807, 2.05) is 0 Å². The van der Waals surface area contributed by atoms with Gasteiger partial charge in [-0.15, -0.1) is 0 Å². The molecule has 0 unspecified atom stereocenters. The molecule has 0 fully saturated rings. The zero-order valence-corrected chi connectivity index (χ0v) is 16.1. The number of ether oxygens (including phenoxy) is 2. The molecule has 0 saturated heterocycles. The number of nitrogens with zero attached hydrogens (tertiary/aromatic N) is 2. The average molecular weight is 382 g/mol. The lowest BCUT2D eigenvalue weighted by atomic mass is 10.2. The predicted molar refractivity (Wildman–Crippen MR) is 96.1 cm³/mol. The third kappa shape index (κ3) is 3.97. The normalized spacial score (nSPS) is 11.5. The quantitative estimate of drug-likeness (QED) is 0.746. The number of H-pyrrole nitrogens is 1. The lowest BCUT2D eigenvalue weighted by molar-refractivity contribution is -0.116. The van der Waals surface area contributed by atoms with Crippen LogP contribution in [0.15, 0.2) is 23.1 Å². The summed E-state index contributed by atoms with van der Waals surface area (Å²) in [6.45, 7) is 2.84. The minimum atomic E-state index is -3.84. The number of carbonyl (C=O) groups excluding carboxylic acids is 1. The van der Waals surface area contributed by atoms with Gasteiger partial charge in [-0.3, -0.25) is 9.89 Å². The second kappa shape index (κ2) is 7.75. The number of aromatic nitrogens is 2. The summed E-state index contributed by atoms with van der Waals surface area (Å²) < 4.78 is 36.6. The van der Waals surface area contributed by atoms with Crippen molar-refractivity contribution in [3.05, 3.63) is 29.6 Å². The third-order valence-corrected chi connectivity index (χ3v) is 5.85. The summed E-state index contributed by atoms with van der Waals surface area (Å²) in [5, 5.41) is 9.16. The van der Waals surface area contributed by atoms with Crippen LogP contribution in [0, 0.1) is 13.8 Å². The van der Waals surface area contributed by atoms with Crippen LogP contribution in [0.4, 0.5) is 5.69 Å². The number of aromatic amines is 1. The second-order valence-electron chi connectivity index (χ2n) is 5.64. The molecule has 2 aromatic rings. The summed E-state index contributed by atoms with van der Waals surface area (Å²) in [7, 11) is 0.480. The Kier molecular flexibility index (Phi) is 5.88. The summed E-state index contributed by atoms with van der Waals surface area (Å²) in [4.78, 5) is 12.4. The Labute approximate surface area is 152 Å². The number of anilines is 1. The molecule has 0 radical (unpaired) electrons. The van der Waals surface area contributed by atoms with Gasteiger partial charge in [0.2, 0.25) is 15.9 Å². The van der Waals surface area contributed by atoms with Crippen molar-refractivity contribution in [3.8, 4) is 11.5 Å². The van der Waals surface area contributed by atoms with E-state index in [1.165, 1.54) is 21.3 Å². The van der Waals surface area contributed by atoms with Crippen LogP contribution in [0.5, 0.6) is 11.5 Å². The number of likely N-dealkylation sites (N-methyl/N-ethyl adjacent to an activating group) is 1. The van der Waals surface area contributed by atoms with E-state index >= 15 is 0 Å². The van der Waals surface area contributed by atoms with Gasteiger partial charge in [-0.05, 0) is 26.0 Å². The minimum absolute atomic E-state index is 0.0785. The zero-order chi connectivity index (χ0) is 19.5. The Balaban J connectivity index is 2.15. The Morgan fingerprint density at radius 2 is 1.96 bits per heavy atom. The number of aryl methyl sites for hydroxylation is 2. The number of methoxy groups -OCH3 is 2. The van der Waals surface area contributed by atoms with Crippen molar-refractivity contribution >= 4 is 21.6 Å². The van der Waals surface area contributed by atoms with Gasteiger partial charge in [0, 0.05) is 13.1 Å². The largest absolute Gasteiger partial charge is 0.497 e. The maximum absolute atomic E-state index is 12.7. The highest BCUT2D eigenvalue weighted by molar-refractivity contribution is 7.89. The van der Waals surface area contributed by atoms with E-state index in [1.54, 1.807) is 32.0 Å². The molecular formula is C16H22N4O5S. The van der Waals surface area contributed by atoms with Crippen LogP contribution in [-0.4, -0.2) is 56.6 Å². The van der Waals surface area contributed by atoms with Crippen molar-refractivity contribution in [2.24, 2.45) is 0 Å². The first kappa shape index (κ1) is 19.7. The molecule has 1 aromatic heterocycles. The van der Waals surface area contributed by atoms with Gasteiger partial charge < -0.3 is 14.8 Å². The summed E-state index contributed by atoms with van der Waals surface area (Å²) in [5.41, 5.74) is 1.19. The standard InChI is InChI=1S/C16H22N4O5S/c1-10-16(11(2)19-18-10)26(22,23)20(3)9-15(21)17-13-7-6-12(24-4)8-14(13)25-5/h6-8H,9H2,1-5H3,(H,17,21)(H,18,19). The zero-order valence-electron chi connectivity index (χ0n) is 15.3. The Morgan fingerprint density at radius 1 is 1.27 bits per heavy atom. The molecule has 142 valence electrons. The summed E-state index contributed by atoms with van der Waals surface area (Å²) in [5.74, 6) is 0.480. The van der Waals surface area contributed by atoms with Crippen LogP contribution in [0.1, 0.15) is 11.4 Å². The van der Waals surface area contributed by atoms with Crippen molar-refractivity contribution < 1.29 is 22.7 Å². The molecule has 0 aliphatic carbocycles. The van der Waals surface area contributed by atoms with Crippen LogP contribution in [-0.2, 0) is 14.8 Å². The van der Waals surface area contributed by atoms with E-state index in [2.05, 4.69) is 15.5 Å². The summed E-state index contributed by atoms with van der Waals surface area (Å²) >= 11 is 0. The lowest BCUT2D eigenvalue weighted by Crippen LogP contribution is -2.35. The first-order valence-electron chi connectivity index (χ1n) is 7.70. The fraction of sp³-hybridized carbons (Fsp3) is 0.375.